The molecule has 1 atom stereocenters. The van der Waals surface area contributed by atoms with Gasteiger partial charge in [-0.05, 0) is 18.7 Å². The molecule has 5 heteroatoms. The van der Waals surface area contributed by atoms with Crippen LogP contribution in [0, 0.1) is 5.92 Å². The van der Waals surface area contributed by atoms with Gasteiger partial charge in [0.05, 0.1) is 0 Å². The van der Waals surface area contributed by atoms with Gasteiger partial charge in [0.25, 0.3) is 0 Å². The van der Waals surface area contributed by atoms with Gasteiger partial charge in [-0.2, -0.15) is 0 Å². The molecule has 2 N–H and O–H groups in total. The topological polar surface area (TPSA) is 50.4 Å². The third-order valence-electron chi connectivity index (χ3n) is 3.62. The van der Waals surface area contributed by atoms with Gasteiger partial charge in [0, 0.05) is 24.6 Å². The molecule has 0 aliphatic heterocycles. The third kappa shape index (κ3) is 6.22. The van der Waals surface area contributed by atoms with E-state index < -0.39 is 0 Å². The van der Waals surface area contributed by atoms with E-state index in [1.807, 2.05) is 68.6 Å². The first-order valence-corrected chi connectivity index (χ1v) is 7.87. The Morgan fingerprint density at radius 1 is 1.08 bits per heavy atom. The fourth-order valence-electron chi connectivity index (χ4n) is 2.28. The van der Waals surface area contributed by atoms with E-state index in [9.17, 15) is 4.79 Å². The highest BCUT2D eigenvalue weighted by Crippen LogP contribution is 2.19. The fourth-order valence-corrected chi connectivity index (χ4v) is 2.28. The van der Waals surface area contributed by atoms with E-state index in [-0.39, 0.29) is 24.2 Å². The number of nitrogens with one attached hydrogen (secondary N) is 2. The molecule has 0 aromatic heterocycles. The number of carbonyl (C=O) groups excluding carboxylic acids is 1. The molecule has 2 aromatic rings. The summed E-state index contributed by atoms with van der Waals surface area (Å²) in [6, 6.07) is 17.8. The summed E-state index contributed by atoms with van der Waals surface area (Å²) in [7, 11) is 1.84. The maximum Gasteiger partial charge on any atom is 0.224 e. The predicted octanol–water partition coefficient (Wildman–Crippen LogP) is 3.16. The van der Waals surface area contributed by atoms with Crippen molar-refractivity contribution in [3.05, 3.63) is 65.7 Å². The Balaban J connectivity index is 0.00000288. The molecular formula is C19H25ClN2O2. The predicted molar refractivity (Wildman–Crippen MR) is 99.4 cm³/mol. The minimum absolute atomic E-state index is 0. The second kappa shape index (κ2) is 10.7. The first-order chi connectivity index (χ1) is 11.2. The van der Waals surface area contributed by atoms with Crippen LogP contribution in [0.25, 0.3) is 0 Å². The van der Waals surface area contributed by atoms with Crippen LogP contribution < -0.4 is 15.4 Å². The van der Waals surface area contributed by atoms with Gasteiger partial charge < -0.3 is 15.4 Å². The molecule has 0 aliphatic carbocycles. The second-order valence-corrected chi connectivity index (χ2v) is 5.56. The van der Waals surface area contributed by atoms with Crippen molar-refractivity contribution in [1.82, 2.24) is 10.6 Å². The normalized spacial score (nSPS) is 11.2. The number of amides is 1. The van der Waals surface area contributed by atoms with Crippen LogP contribution in [0.3, 0.4) is 0 Å². The zero-order chi connectivity index (χ0) is 16.5. The molecule has 0 saturated heterocycles. The summed E-state index contributed by atoms with van der Waals surface area (Å²) in [5, 5.41) is 5.97. The summed E-state index contributed by atoms with van der Waals surface area (Å²) in [6.45, 7) is 3.56. The molecule has 0 fully saturated rings. The molecule has 0 saturated carbocycles. The lowest BCUT2D eigenvalue weighted by molar-refractivity contribution is -0.124. The molecule has 0 bridgehead atoms. The largest absolute Gasteiger partial charge is 0.489 e. The Bertz CT molecular complexity index is 620. The minimum Gasteiger partial charge on any atom is -0.489 e. The van der Waals surface area contributed by atoms with E-state index in [0.717, 1.165) is 16.9 Å². The van der Waals surface area contributed by atoms with Crippen LogP contribution in [0.1, 0.15) is 18.1 Å². The summed E-state index contributed by atoms with van der Waals surface area (Å²) < 4.78 is 5.90. The molecule has 4 nitrogen and oxygen atoms in total. The van der Waals surface area contributed by atoms with Crippen LogP contribution >= 0.6 is 12.4 Å². The zero-order valence-electron chi connectivity index (χ0n) is 14.1. The Morgan fingerprint density at radius 2 is 1.75 bits per heavy atom. The molecule has 24 heavy (non-hydrogen) atoms. The van der Waals surface area contributed by atoms with Crippen molar-refractivity contribution in [2.24, 2.45) is 5.92 Å². The minimum atomic E-state index is -0.0580. The van der Waals surface area contributed by atoms with E-state index in [1.54, 1.807) is 0 Å². The molecule has 2 aromatic carbocycles. The van der Waals surface area contributed by atoms with Crippen molar-refractivity contribution in [3.8, 4) is 5.75 Å². The fraction of sp³-hybridized carbons (Fsp3) is 0.316. The van der Waals surface area contributed by atoms with Gasteiger partial charge in [-0.25, -0.2) is 0 Å². The first kappa shape index (κ1) is 20.0. The van der Waals surface area contributed by atoms with Crippen LogP contribution in [0.15, 0.2) is 54.6 Å². The van der Waals surface area contributed by atoms with E-state index in [0.29, 0.717) is 19.7 Å². The molecular weight excluding hydrogens is 324 g/mol. The van der Waals surface area contributed by atoms with Crippen molar-refractivity contribution in [3.63, 3.8) is 0 Å². The average molecular weight is 349 g/mol. The molecule has 1 unspecified atom stereocenters. The Hall–Kier alpha value is -2.04. The number of ether oxygens (including phenoxy) is 1. The molecule has 130 valence electrons. The summed E-state index contributed by atoms with van der Waals surface area (Å²) in [4.78, 5) is 12.0. The van der Waals surface area contributed by atoms with Gasteiger partial charge in [-0.15, -0.1) is 12.4 Å². The smallest absolute Gasteiger partial charge is 0.224 e. The summed E-state index contributed by atoms with van der Waals surface area (Å²) >= 11 is 0. The highest BCUT2D eigenvalue weighted by Gasteiger charge is 2.12. The van der Waals surface area contributed by atoms with Crippen LogP contribution in [0.5, 0.6) is 5.75 Å². The number of hydrogen-bond donors (Lipinski definition) is 2. The summed E-state index contributed by atoms with van der Waals surface area (Å²) in [5.74, 6) is 0.785. The maximum absolute atomic E-state index is 12.0. The number of benzene rings is 2. The van der Waals surface area contributed by atoms with Crippen molar-refractivity contribution in [1.29, 1.82) is 0 Å². The van der Waals surface area contributed by atoms with Crippen molar-refractivity contribution in [2.75, 3.05) is 13.6 Å². The standard InChI is InChI=1S/C19H24N2O2.ClH/c1-15(12-20-2)19(22)21-13-17-10-6-7-11-18(17)23-14-16-8-4-3-5-9-16;/h3-11,15,20H,12-14H2,1-2H3,(H,21,22);1H. The lowest BCUT2D eigenvalue weighted by Gasteiger charge is -2.14. The van der Waals surface area contributed by atoms with Crippen LogP contribution in [-0.4, -0.2) is 19.5 Å². The number of para-hydroxylation sites is 1. The highest BCUT2D eigenvalue weighted by molar-refractivity contribution is 5.85. The van der Waals surface area contributed by atoms with E-state index in [1.165, 1.54) is 0 Å². The van der Waals surface area contributed by atoms with Crippen molar-refractivity contribution in [2.45, 2.75) is 20.1 Å². The maximum atomic E-state index is 12.0. The number of halogens is 1. The monoisotopic (exact) mass is 348 g/mol. The van der Waals surface area contributed by atoms with Gasteiger partial charge in [-0.1, -0.05) is 55.5 Å². The van der Waals surface area contributed by atoms with Gasteiger partial charge in [0.2, 0.25) is 5.91 Å². The molecule has 0 heterocycles. The molecule has 0 spiro atoms. The number of carbonyl (C=O) groups is 1. The van der Waals surface area contributed by atoms with Crippen molar-refractivity contribution < 1.29 is 9.53 Å². The van der Waals surface area contributed by atoms with E-state index >= 15 is 0 Å². The quantitative estimate of drug-likeness (QED) is 0.770. The third-order valence-corrected chi connectivity index (χ3v) is 3.62. The number of rotatable bonds is 8. The lowest BCUT2D eigenvalue weighted by Crippen LogP contribution is -2.33. The van der Waals surface area contributed by atoms with Gasteiger partial charge in [-0.3, -0.25) is 4.79 Å². The molecule has 1 amide bonds. The van der Waals surface area contributed by atoms with Crippen LogP contribution in [0.2, 0.25) is 0 Å². The summed E-state index contributed by atoms with van der Waals surface area (Å²) in [6.07, 6.45) is 0. The van der Waals surface area contributed by atoms with Gasteiger partial charge in [0.15, 0.2) is 0 Å². The molecule has 0 aliphatic rings. The molecule has 2 rings (SSSR count). The average Bonchev–Trinajstić information content (AvgIpc) is 2.59. The van der Waals surface area contributed by atoms with Crippen molar-refractivity contribution >= 4 is 18.3 Å². The second-order valence-electron chi connectivity index (χ2n) is 5.56. The Labute approximate surface area is 150 Å². The van der Waals surface area contributed by atoms with Crippen LogP contribution in [0.4, 0.5) is 0 Å². The number of hydrogen-bond acceptors (Lipinski definition) is 3. The Kier molecular flexibility index (Phi) is 8.90. The Morgan fingerprint density at radius 3 is 2.46 bits per heavy atom. The van der Waals surface area contributed by atoms with Gasteiger partial charge in [0.1, 0.15) is 12.4 Å². The van der Waals surface area contributed by atoms with E-state index in [4.69, 9.17) is 4.74 Å². The van der Waals surface area contributed by atoms with Crippen LogP contribution in [-0.2, 0) is 17.9 Å². The summed E-state index contributed by atoms with van der Waals surface area (Å²) in [5.41, 5.74) is 2.10. The first-order valence-electron chi connectivity index (χ1n) is 7.87. The SMILES string of the molecule is CNCC(C)C(=O)NCc1ccccc1OCc1ccccc1.Cl. The lowest BCUT2D eigenvalue weighted by atomic mass is 10.1. The van der Waals surface area contributed by atoms with Gasteiger partial charge >= 0.3 is 0 Å². The highest BCUT2D eigenvalue weighted by atomic mass is 35.5. The zero-order valence-corrected chi connectivity index (χ0v) is 14.9. The molecule has 0 radical (unpaired) electrons. The van der Waals surface area contributed by atoms with E-state index in [2.05, 4.69) is 10.6 Å².